The van der Waals surface area contributed by atoms with Gasteiger partial charge in [0.1, 0.15) is 6.29 Å². The number of carbonyl (C=O) groups excluding carboxylic acids is 3. The third kappa shape index (κ3) is 4.21. The maximum Gasteiger partial charge on any atom is 0.338 e. The molecule has 2 aromatic carbocycles. The lowest BCUT2D eigenvalue weighted by Gasteiger charge is -2.11. The molecule has 1 aliphatic rings. The van der Waals surface area contributed by atoms with Gasteiger partial charge in [-0.2, -0.15) is 0 Å². The van der Waals surface area contributed by atoms with Gasteiger partial charge >= 0.3 is 5.97 Å². The highest BCUT2D eigenvalue weighted by molar-refractivity contribution is 6.00. The zero-order valence-electron chi connectivity index (χ0n) is 17.2. The first kappa shape index (κ1) is 20.4. The molecule has 0 saturated heterocycles. The van der Waals surface area contributed by atoms with E-state index in [1.807, 2.05) is 36.6 Å². The van der Waals surface area contributed by atoms with E-state index in [0.717, 1.165) is 22.7 Å². The van der Waals surface area contributed by atoms with E-state index in [-0.39, 0.29) is 24.7 Å². The minimum absolute atomic E-state index is 0.221. The van der Waals surface area contributed by atoms with E-state index in [9.17, 15) is 14.4 Å². The Morgan fingerprint density at radius 3 is 2.52 bits per heavy atom. The van der Waals surface area contributed by atoms with E-state index in [0.29, 0.717) is 29.7 Å². The van der Waals surface area contributed by atoms with Crippen molar-refractivity contribution in [2.75, 3.05) is 13.4 Å². The molecule has 4 rings (SSSR count). The van der Waals surface area contributed by atoms with Gasteiger partial charge in [-0.1, -0.05) is 18.2 Å². The lowest BCUT2D eigenvalue weighted by Crippen LogP contribution is -2.15. The van der Waals surface area contributed by atoms with E-state index < -0.39 is 5.97 Å². The first-order chi connectivity index (χ1) is 15.0. The molecule has 0 N–H and O–H groups in total. The number of hydrogen-bond acceptors (Lipinski definition) is 6. The van der Waals surface area contributed by atoms with Crippen molar-refractivity contribution in [1.82, 2.24) is 4.57 Å². The number of Topliss-reactive ketones (excluding diaryl/α,β-unsaturated/α-hetero) is 1. The number of aldehydes is 1. The molecule has 0 bridgehead atoms. The molecule has 7 heteroatoms. The summed E-state index contributed by atoms with van der Waals surface area (Å²) in [5.74, 6) is 0.551. The molecule has 2 heterocycles. The van der Waals surface area contributed by atoms with Gasteiger partial charge in [-0.25, -0.2) is 4.79 Å². The van der Waals surface area contributed by atoms with Gasteiger partial charge in [-0.15, -0.1) is 0 Å². The number of rotatable bonds is 7. The van der Waals surface area contributed by atoms with Crippen molar-refractivity contribution >= 4 is 18.0 Å². The van der Waals surface area contributed by atoms with Gasteiger partial charge in [-0.05, 0) is 49.7 Å². The van der Waals surface area contributed by atoms with E-state index >= 15 is 0 Å². The highest BCUT2D eigenvalue weighted by Crippen LogP contribution is 2.33. The Bertz CT molecular complexity index is 1160. The van der Waals surface area contributed by atoms with Crippen LogP contribution >= 0.6 is 0 Å². The molecule has 1 aromatic heterocycles. The van der Waals surface area contributed by atoms with Crippen LogP contribution < -0.4 is 9.47 Å². The zero-order valence-corrected chi connectivity index (χ0v) is 17.2. The van der Waals surface area contributed by atoms with Gasteiger partial charge in [0.15, 0.2) is 18.1 Å². The summed E-state index contributed by atoms with van der Waals surface area (Å²) in [5.41, 5.74) is 4.01. The Hall–Kier alpha value is -3.87. The molecule has 0 amide bonds. The number of esters is 1. The summed E-state index contributed by atoms with van der Waals surface area (Å²) in [5, 5.41) is 0. The Morgan fingerprint density at radius 1 is 1.03 bits per heavy atom. The maximum absolute atomic E-state index is 12.7. The molecule has 0 atom stereocenters. The first-order valence-electron chi connectivity index (χ1n) is 9.77. The van der Waals surface area contributed by atoms with E-state index in [4.69, 9.17) is 14.2 Å². The molecule has 31 heavy (non-hydrogen) atoms. The number of ketones is 1. The minimum atomic E-state index is -0.611. The SMILES string of the molecule is Cc1cc(C(=O)COC(=O)c2ccc(C=O)cc2)c(C)n1Cc1ccc2c(c1)OCO2. The summed E-state index contributed by atoms with van der Waals surface area (Å²) in [6.45, 7) is 4.23. The van der Waals surface area contributed by atoms with Crippen molar-refractivity contribution in [3.8, 4) is 11.5 Å². The van der Waals surface area contributed by atoms with Crippen LogP contribution in [0.3, 0.4) is 0 Å². The second-order valence-corrected chi connectivity index (χ2v) is 7.30. The number of aryl methyl sites for hydroxylation is 1. The van der Waals surface area contributed by atoms with Crippen molar-refractivity contribution in [2.24, 2.45) is 0 Å². The number of benzene rings is 2. The van der Waals surface area contributed by atoms with Crippen LogP contribution in [-0.4, -0.2) is 36.0 Å². The van der Waals surface area contributed by atoms with Crippen molar-refractivity contribution < 1.29 is 28.6 Å². The average molecular weight is 419 g/mol. The van der Waals surface area contributed by atoms with E-state index in [1.54, 1.807) is 6.07 Å². The topological polar surface area (TPSA) is 83.8 Å². The quantitative estimate of drug-likeness (QED) is 0.330. The fourth-order valence-electron chi connectivity index (χ4n) is 3.54. The highest BCUT2D eigenvalue weighted by atomic mass is 16.7. The van der Waals surface area contributed by atoms with Crippen LogP contribution in [0.1, 0.15) is 48.0 Å². The second kappa shape index (κ2) is 8.47. The van der Waals surface area contributed by atoms with Crippen LogP contribution in [-0.2, 0) is 11.3 Å². The molecule has 0 unspecified atom stereocenters. The standard InChI is InChI=1S/C24H21NO6/c1-15-9-20(21(27)13-29-24(28)19-6-3-17(12-26)4-7-19)16(2)25(15)11-18-5-8-22-23(10-18)31-14-30-22/h3-10,12H,11,13-14H2,1-2H3. The van der Waals surface area contributed by atoms with Gasteiger partial charge in [0, 0.05) is 29.1 Å². The maximum atomic E-state index is 12.7. The van der Waals surface area contributed by atoms with Crippen LogP contribution in [0.2, 0.25) is 0 Å². The fourth-order valence-corrected chi connectivity index (χ4v) is 3.54. The van der Waals surface area contributed by atoms with Gasteiger partial charge in [0.05, 0.1) is 5.56 Å². The van der Waals surface area contributed by atoms with Crippen LogP contribution in [0.15, 0.2) is 48.5 Å². The molecule has 3 aromatic rings. The normalized spacial score (nSPS) is 11.9. The second-order valence-electron chi connectivity index (χ2n) is 7.30. The molecule has 158 valence electrons. The molecule has 0 fully saturated rings. The summed E-state index contributed by atoms with van der Waals surface area (Å²) in [6.07, 6.45) is 0.692. The van der Waals surface area contributed by atoms with E-state index in [1.165, 1.54) is 24.3 Å². The molecule has 1 aliphatic heterocycles. The number of carbonyl (C=O) groups is 3. The summed E-state index contributed by atoms with van der Waals surface area (Å²) in [4.78, 5) is 35.6. The van der Waals surface area contributed by atoms with Gasteiger partial charge in [-0.3, -0.25) is 9.59 Å². The van der Waals surface area contributed by atoms with Crippen LogP contribution in [0.25, 0.3) is 0 Å². The number of hydrogen-bond donors (Lipinski definition) is 0. The largest absolute Gasteiger partial charge is 0.454 e. The van der Waals surface area contributed by atoms with E-state index in [2.05, 4.69) is 0 Å². The molecule has 7 nitrogen and oxygen atoms in total. The Morgan fingerprint density at radius 2 is 1.77 bits per heavy atom. The predicted molar refractivity (Wildman–Crippen MR) is 112 cm³/mol. The molecular weight excluding hydrogens is 398 g/mol. The molecule has 0 aliphatic carbocycles. The Kier molecular flexibility index (Phi) is 5.58. The van der Waals surface area contributed by atoms with Crippen molar-refractivity contribution in [1.29, 1.82) is 0 Å². The number of ether oxygens (including phenoxy) is 3. The van der Waals surface area contributed by atoms with Crippen molar-refractivity contribution in [3.05, 3.63) is 82.2 Å². The molecule has 0 saturated carbocycles. The first-order valence-corrected chi connectivity index (χ1v) is 9.77. The monoisotopic (exact) mass is 419 g/mol. The summed E-state index contributed by atoms with van der Waals surface area (Å²) in [6, 6.07) is 13.6. The number of aromatic nitrogens is 1. The van der Waals surface area contributed by atoms with Gasteiger partial charge in [0.2, 0.25) is 12.6 Å². The summed E-state index contributed by atoms with van der Waals surface area (Å²) < 4.78 is 18.0. The highest BCUT2D eigenvalue weighted by Gasteiger charge is 2.19. The molecule has 0 radical (unpaired) electrons. The lowest BCUT2D eigenvalue weighted by molar-refractivity contribution is 0.0474. The van der Waals surface area contributed by atoms with Gasteiger partial charge in [0.25, 0.3) is 0 Å². The number of fused-ring (bicyclic) bond motifs is 1. The minimum Gasteiger partial charge on any atom is -0.454 e. The number of nitrogens with zero attached hydrogens (tertiary/aromatic N) is 1. The van der Waals surface area contributed by atoms with Crippen LogP contribution in [0.5, 0.6) is 11.5 Å². The average Bonchev–Trinajstić information content (AvgIpc) is 3.36. The van der Waals surface area contributed by atoms with Crippen LogP contribution in [0.4, 0.5) is 0 Å². The zero-order chi connectivity index (χ0) is 22.0. The van der Waals surface area contributed by atoms with Crippen molar-refractivity contribution in [3.63, 3.8) is 0 Å². The van der Waals surface area contributed by atoms with Crippen molar-refractivity contribution in [2.45, 2.75) is 20.4 Å². The summed E-state index contributed by atoms with van der Waals surface area (Å²) in [7, 11) is 0. The third-order valence-corrected chi connectivity index (χ3v) is 5.27. The molecular formula is C24H21NO6. The van der Waals surface area contributed by atoms with Crippen LogP contribution in [0, 0.1) is 13.8 Å². The van der Waals surface area contributed by atoms with Gasteiger partial charge < -0.3 is 18.8 Å². The fraction of sp³-hybridized carbons (Fsp3) is 0.208. The third-order valence-electron chi connectivity index (χ3n) is 5.27. The lowest BCUT2D eigenvalue weighted by atomic mass is 10.1. The Balaban J connectivity index is 1.44. The predicted octanol–water partition coefficient (Wildman–Crippen LogP) is 3.73. The summed E-state index contributed by atoms with van der Waals surface area (Å²) >= 11 is 0. The smallest absolute Gasteiger partial charge is 0.338 e. The molecule has 0 spiro atoms. The Labute approximate surface area is 179 Å².